The second kappa shape index (κ2) is 4.83. The van der Waals surface area contributed by atoms with Crippen molar-refractivity contribution in [2.24, 2.45) is 0 Å². The normalized spacial score (nSPS) is 23.2. The van der Waals surface area contributed by atoms with Gasteiger partial charge in [0, 0.05) is 12.1 Å². The highest BCUT2D eigenvalue weighted by Crippen LogP contribution is 2.50. The van der Waals surface area contributed by atoms with Gasteiger partial charge < -0.3 is 4.90 Å². The maximum atomic E-state index is 12.1. The van der Waals surface area contributed by atoms with Crippen LogP contribution in [0.3, 0.4) is 0 Å². The van der Waals surface area contributed by atoms with E-state index in [0.717, 1.165) is 24.9 Å². The van der Waals surface area contributed by atoms with Gasteiger partial charge in [-0.15, -0.1) is 0 Å². The van der Waals surface area contributed by atoms with Gasteiger partial charge in [0.25, 0.3) is 0 Å². The summed E-state index contributed by atoms with van der Waals surface area (Å²) in [6.45, 7) is 3.11. The Kier molecular flexibility index (Phi) is 3.59. The first kappa shape index (κ1) is 12.7. The molecule has 1 aliphatic heterocycles. The number of fused-ring (bicyclic) bond motifs is 1. The molecule has 3 heteroatoms. The molecule has 17 heavy (non-hydrogen) atoms. The number of benzene rings is 1. The summed E-state index contributed by atoms with van der Waals surface area (Å²) in [7, 11) is 4.15. The predicted octanol–water partition coefficient (Wildman–Crippen LogP) is 3.13. The van der Waals surface area contributed by atoms with E-state index in [1.807, 2.05) is 18.2 Å². The fraction of sp³-hybridized carbons (Fsp3) is 0.500. The molecular formula is C14H19NOS. The van der Waals surface area contributed by atoms with Gasteiger partial charge in [0.15, 0.2) is 0 Å². The van der Waals surface area contributed by atoms with Gasteiger partial charge in [-0.1, -0.05) is 49.4 Å². The van der Waals surface area contributed by atoms with Crippen molar-refractivity contribution in [2.45, 2.75) is 24.5 Å². The molecule has 0 fully saturated rings. The van der Waals surface area contributed by atoms with Gasteiger partial charge in [-0.05, 0) is 26.1 Å². The van der Waals surface area contributed by atoms with E-state index in [-0.39, 0.29) is 9.86 Å². The molecule has 0 spiro atoms. The van der Waals surface area contributed by atoms with Crippen LogP contribution in [0.4, 0.5) is 0 Å². The molecule has 1 aromatic rings. The van der Waals surface area contributed by atoms with Crippen LogP contribution in [0.15, 0.2) is 24.3 Å². The Hall–Kier alpha value is -0.800. The predicted molar refractivity (Wildman–Crippen MR) is 73.5 cm³/mol. The third-order valence-electron chi connectivity index (χ3n) is 3.15. The van der Waals surface area contributed by atoms with Crippen molar-refractivity contribution in [1.82, 2.24) is 4.90 Å². The van der Waals surface area contributed by atoms with Crippen LogP contribution in [0, 0.1) is 0 Å². The number of nitrogens with zero attached hydrogens (tertiary/aromatic N) is 1. The number of likely N-dealkylation sites (N-methyl/N-ethyl adjacent to an activating group) is 1. The zero-order valence-electron chi connectivity index (χ0n) is 10.7. The topological polar surface area (TPSA) is 20.3 Å². The second-order valence-corrected chi connectivity index (χ2v) is 6.27. The molecule has 0 radical (unpaired) electrons. The van der Waals surface area contributed by atoms with E-state index in [1.54, 1.807) is 0 Å². The summed E-state index contributed by atoms with van der Waals surface area (Å²) in [6.07, 6.45) is 2.15. The third kappa shape index (κ3) is 2.26. The van der Waals surface area contributed by atoms with E-state index < -0.39 is 0 Å². The molecule has 1 atom stereocenters. The minimum atomic E-state index is -0.0358. The average Bonchev–Trinajstić information content (AvgIpc) is 2.53. The Balaban J connectivity index is 2.45. The lowest BCUT2D eigenvalue weighted by Crippen LogP contribution is -2.33. The molecule has 0 amide bonds. The van der Waals surface area contributed by atoms with Gasteiger partial charge in [0.2, 0.25) is 5.12 Å². The molecule has 0 aliphatic carbocycles. The summed E-state index contributed by atoms with van der Waals surface area (Å²) in [5.41, 5.74) is 2.14. The van der Waals surface area contributed by atoms with Gasteiger partial charge in [-0.3, -0.25) is 4.79 Å². The molecule has 2 nitrogen and oxygen atoms in total. The Morgan fingerprint density at radius 2 is 2.00 bits per heavy atom. The van der Waals surface area contributed by atoms with E-state index in [4.69, 9.17) is 0 Å². The van der Waals surface area contributed by atoms with E-state index in [0.29, 0.717) is 0 Å². The molecule has 0 N–H and O–H groups in total. The number of thioether (sulfide) groups is 1. The summed E-state index contributed by atoms with van der Waals surface area (Å²) >= 11 is 1.51. The second-order valence-electron chi connectivity index (χ2n) is 4.92. The summed E-state index contributed by atoms with van der Waals surface area (Å²) in [5.74, 6) is 0. The summed E-state index contributed by atoms with van der Waals surface area (Å²) in [4.78, 5) is 14.3. The van der Waals surface area contributed by atoms with Crippen molar-refractivity contribution in [3.63, 3.8) is 0 Å². The van der Waals surface area contributed by atoms with Crippen molar-refractivity contribution in [2.75, 3.05) is 20.6 Å². The van der Waals surface area contributed by atoms with Crippen LogP contribution >= 0.6 is 11.8 Å². The summed E-state index contributed by atoms with van der Waals surface area (Å²) < 4.78 is -0.0358. The van der Waals surface area contributed by atoms with E-state index >= 15 is 0 Å². The zero-order valence-corrected chi connectivity index (χ0v) is 11.5. The van der Waals surface area contributed by atoms with Crippen molar-refractivity contribution >= 4 is 16.9 Å². The van der Waals surface area contributed by atoms with Gasteiger partial charge in [-0.25, -0.2) is 0 Å². The molecular weight excluding hydrogens is 230 g/mol. The lowest BCUT2D eigenvalue weighted by Gasteiger charge is -2.31. The first-order chi connectivity index (χ1) is 8.09. The Labute approximate surface area is 107 Å². The van der Waals surface area contributed by atoms with Crippen molar-refractivity contribution < 1.29 is 4.79 Å². The smallest absolute Gasteiger partial charge is 0.220 e. The van der Waals surface area contributed by atoms with E-state index in [9.17, 15) is 4.79 Å². The monoisotopic (exact) mass is 249 g/mol. The molecule has 0 saturated heterocycles. The zero-order chi connectivity index (χ0) is 12.5. The third-order valence-corrected chi connectivity index (χ3v) is 4.50. The maximum absolute atomic E-state index is 12.1. The van der Waals surface area contributed by atoms with Crippen LogP contribution in [0.1, 0.15) is 35.7 Å². The first-order valence-corrected chi connectivity index (χ1v) is 6.88. The highest BCUT2D eigenvalue weighted by molar-refractivity contribution is 8.15. The number of carbonyl (C=O) groups is 1. The van der Waals surface area contributed by atoms with Gasteiger partial charge in [0.05, 0.1) is 4.75 Å². The quantitative estimate of drug-likeness (QED) is 0.817. The SMILES string of the molecule is CCCC1(CN(C)C)SC(=O)c2ccccc21. The fourth-order valence-corrected chi connectivity index (χ4v) is 4.20. The highest BCUT2D eigenvalue weighted by Gasteiger charge is 2.43. The highest BCUT2D eigenvalue weighted by atomic mass is 32.2. The first-order valence-electron chi connectivity index (χ1n) is 6.06. The molecule has 1 unspecified atom stereocenters. The lowest BCUT2D eigenvalue weighted by molar-refractivity contribution is 0.109. The van der Waals surface area contributed by atoms with Gasteiger partial charge in [-0.2, -0.15) is 0 Å². The van der Waals surface area contributed by atoms with Gasteiger partial charge >= 0.3 is 0 Å². The molecule has 2 rings (SSSR count). The van der Waals surface area contributed by atoms with Crippen molar-refractivity contribution in [3.05, 3.63) is 35.4 Å². The van der Waals surface area contributed by atoms with E-state index in [2.05, 4.69) is 32.0 Å². The number of hydrogen-bond donors (Lipinski definition) is 0. The van der Waals surface area contributed by atoms with Crippen molar-refractivity contribution in [3.8, 4) is 0 Å². The largest absolute Gasteiger partial charge is 0.308 e. The standard InChI is InChI=1S/C14H19NOS/c1-4-9-14(10-15(2)3)12-8-6-5-7-11(12)13(16)17-14/h5-8H,4,9-10H2,1-3H3. The minimum absolute atomic E-state index is 0.0358. The van der Waals surface area contributed by atoms with Crippen LogP contribution in [0.2, 0.25) is 0 Å². The van der Waals surface area contributed by atoms with Crippen LogP contribution in [0.5, 0.6) is 0 Å². The molecule has 92 valence electrons. The Bertz CT molecular complexity index is 430. The Morgan fingerprint density at radius 1 is 1.29 bits per heavy atom. The van der Waals surface area contributed by atoms with Crippen molar-refractivity contribution in [1.29, 1.82) is 0 Å². The number of carbonyl (C=O) groups excluding carboxylic acids is 1. The summed E-state index contributed by atoms with van der Waals surface area (Å²) in [5, 5.41) is 0.232. The number of hydrogen-bond acceptors (Lipinski definition) is 3. The average molecular weight is 249 g/mol. The number of rotatable bonds is 4. The maximum Gasteiger partial charge on any atom is 0.220 e. The molecule has 0 bridgehead atoms. The molecule has 0 saturated carbocycles. The van der Waals surface area contributed by atoms with Gasteiger partial charge in [0.1, 0.15) is 0 Å². The van der Waals surface area contributed by atoms with E-state index in [1.165, 1.54) is 17.3 Å². The molecule has 1 heterocycles. The minimum Gasteiger partial charge on any atom is -0.308 e. The molecule has 1 aromatic carbocycles. The lowest BCUT2D eigenvalue weighted by atomic mass is 9.90. The van der Waals surface area contributed by atoms with Crippen LogP contribution in [0.25, 0.3) is 0 Å². The Morgan fingerprint density at radius 3 is 2.65 bits per heavy atom. The van der Waals surface area contributed by atoms with Crippen LogP contribution < -0.4 is 0 Å². The molecule has 0 aromatic heterocycles. The van der Waals surface area contributed by atoms with Crippen LogP contribution in [-0.4, -0.2) is 30.7 Å². The molecule has 1 aliphatic rings. The fourth-order valence-electron chi connectivity index (χ4n) is 2.64. The van der Waals surface area contributed by atoms with Crippen LogP contribution in [-0.2, 0) is 4.75 Å². The summed E-state index contributed by atoms with van der Waals surface area (Å²) in [6, 6.07) is 8.07.